The molecule has 0 amide bonds. The Morgan fingerprint density at radius 1 is 1.08 bits per heavy atom. The molecule has 5 nitrogen and oxygen atoms in total. The second-order valence-electron chi connectivity index (χ2n) is 2.77. The molecule has 1 fully saturated rings. The predicted molar refractivity (Wildman–Crippen MR) is 41.9 cm³/mol. The van der Waals surface area contributed by atoms with Crippen LogP contribution >= 0.6 is 0 Å². The van der Waals surface area contributed by atoms with Gasteiger partial charge in [-0.2, -0.15) is 0 Å². The van der Waals surface area contributed by atoms with E-state index in [1.807, 2.05) is 0 Å². The summed E-state index contributed by atoms with van der Waals surface area (Å²) in [6, 6.07) is 0. The smallest absolute Gasteiger partial charge is 0.308 e. The third-order valence-corrected chi connectivity index (χ3v) is 1.88. The van der Waals surface area contributed by atoms with Crippen LogP contribution in [0.3, 0.4) is 0 Å². The number of hydrogen-bond donors (Lipinski definition) is 0. The Balaban J connectivity index is 2.15. The molecule has 0 saturated carbocycles. The van der Waals surface area contributed by atoms with Gasteiger partial charge in [0.05, 0.1) is 39.3 Å². The Morgan fingerprint density at radius 3 is 1.77 bits per heavy atom. The maximum atomic E-state index is 10.7. The Hall–Kier alpha value is -1.10. The van der Waals surface area contributed by atoms with Gasteiger partial charge >= 0.3 is 11.9 Å². The molecule has 1 saturated heterocycles. The zero-order chi connectivity index (χ0) is 9.84. The van der Waals surface area contributed by atoms with Crippen LogP contribution in [-0.4, -0.2) is 38.4 Å². The Bertz CT molecular complexity index is 191. The summed E-state index contributed by atoms with van der Waals surface area (Å²) in [5, 5.41) is 0. The van der Waals surface area contributed by atoms with E-state index in [1.54, 1.807) is 0 Å². The molecule has 74 valence electrons. The average Bonchev–Trinajstić information content (AvgIpc) is 2.83. The molecular formula is C8H12O5. The summed E-state index contributed by atoms with van der Waals surface area (Å²) >= 11 is 0. The molecule has 2 atom stereocenters. The molecule has 0 aliphatic carbocycles. The van der Waals surface area contributed by atoms with Gasteiger partial charge in [0.2, 0.25) is 0 Å². The van der Waals surface area contributed by atoms with Crippen molar-refractivity contribution in [2.24, 2.45) is 0 Å². The van der Waals surface area contributed by atoms with Crippen molar-refractivity contribution < 1.29 is 23.8 Å². The largest absolute Gasteiger partial charge is 0.469 e. The SMILES string of the molecule is COC(=O)C[C@@H]1O[C@H]1CC(=O)OC. The quantitative estimate of drug-likeness (QED) is 0.454. The number of hydrogen-bond acceptors (Lipinski definition) is 5. The van der Waals surface area contributed by atoms with Gasteiger partial charge in [-0.05, 0) is 0 Å². The Labute approximate surface area is 76.0 Å². The minimum absolute atomic E-state index is 0.174. The van der Waals surface area contributed by atoms with Crippen LogP contribution in [0.5, 0.6) is 0 Å². The fourth-order valence-electron chi connectivity index (χ4n) is 1.03. The Morgan fingerprint density at radius 2 is 1.46 bits per heavy atom. The van der Waals surface area contributed by atoms with Crippen molar-refractivity contribution in [2.75, 3.05) is 14.2 Å². The number of epoxide rings is 1. The highest BCUT2D eigenvalue weighted by Crippen LogP contribution is 2.28. The molecule has 1 aliphatic rings. The molecule has 0 unspecified atom stereocenters. The lowest BCUT2D eigenvalue weighted by atomic mass is 10.2. The van der Waals surface area contributed by atoms with Gasteiger partial charge in [-0.1, -0.05) is 0 Å². The Kier molecular flexibility index (Phi) is 3.25. The number of carbonyl (C=O) groups is 2. The van der Waals surface area contributed by atoms with Crippen molar-refractivity contribution in [1.29, 1.82) is 0 Å². The average molecular weight is 188 g/mol. The molecule has 0 aromatic rings. The van der Waals surface area contributed by atoms with Crippen molar-refractivity contribution in [3.63, 3.8) is 0 Å². The first-order valence-corrected chi connectivity index (χ1v) is 3.96. The topological polar surface area (TPSA) is 65.1 Å². The van der Waals surface area contributed by atoms with Gasteiger partial charge in [0.25, 0.3) is 0 Å². The van der Waals surface area contributed by atoms with Crippen LogP contribution in [0.25, 0.3) is 0 Å². The molecular weight excluding hydrogens is 176 g/mol. The van der Waals surface area contributed by atoms with Gasteiger partial charge in [-0.25, -0.2) is 0 Å². The van der Waals surface area contributed by atoms with Gasteiger partial charge in [-0.3, -0.25) is 9.59 Å². The van der Waals surface area contributed by atoms with Gasteiger partial charge in [0.15, 0.2) is 0 Å². The third-order valence-electron chi connectivity index (χ3n) is 1.88. The van der Waals surface area contributed by atoms with E-state index in [1.165, 1.54) is 14.2 Å². The summed E-state index contributed by atoms with van der Waals surface area (Å²) in [5.41, 5.74) is 0. The van der Waals surface area contributed by atoms with Crippen LogP contribution in [0.4, 0.5) is 0 Å². The van der Waals surface area contributed by atoms with Gasteiger partial charge in [0, 0.05) is 0 Å². The molecule has 13 heavy (non-hydrogen) atoms. The first-order valence-electron chi connectivity index (χ1n) is 3.96. The van der Waals surface area contributed by atoms with Crippen LogP contribution in [0.2, 0.25) is 0 Å². The standard InChI is InChI=1S/C8H12O5/c1-11-7(9)3-5-6(13-5)4-8(10)12-2/h5-6H,3-4H2,1-2H3/t5-,6-/m0/s1. The minimum Gasteiger partial charge on any atom is -0.469 e. The van der Waals surface area contributed by atoms with Crippen molar-refractivity contribution in [3.8, 4) is 0 Å². The summed E-state index contributed by atoms with van der Waals surface area (Å²) in [5.74, 6) is -0.644. The van der Waals surface area contributed by atoms with E-state index in [0.717, 1.165) is 0 Å². The van der Waals surface area contributed by atoms with Crippen LogP contribution in [-0.2, 0) is 23.8 Å². The summed E-state index contributed by atoms with van der Waals surface area (Å²) in [6.45, 7) is 0. The highest BCUT2D eigenvalue weighted by Gasteiger charge is 2.42. The maximum absolute atomic E-state index is 10.7. The van der Waals surface area contributed by atoms with E-state index >= 15 is 0 Å². The number of carbonyl (C=O) groups excluding carboxylic acids is 2. The number of esters is 2. The fraction of sp³-hybridized carbons (Fsp3) is 0.750. The number of rotatable bonds is 4. The minimum atomic E-state index is -0.322. The van der Waals surface area contributed by atoms with E-state index in [0.29, 0.717) is 0 Å². The normalized spacial score (nSPS) is 25.1. The summed E-state index contributed by atoms with van der Waals surface area (Å²) < 4.78 is 14.0. The van der Waals surface area contributed by atoms with Gasteiger partial charge in [-0.15, -0.1) is 0 Å². The monoisotopic (exact) mass is 188 g/mol. The predicted octanol–water partition coefficient (Wildman–Crippen LogP) is -0.120. The van der Waals surface area contributed by atoms with E-state index < -0.39 is 0 Å². The van der Waals surface area contributed by atoms with Gasteiger partial charge < -0.3 is 14.2 Å². The molecule has 1 rings (SSSR count). The maximum Gasteiger partial charge on any atom is 0.308 e. The number of methoxy groups -OCH3 is 2. The zero-order valence-corrected chi connectivity index (χ0v) is 7.61. The van der Waals surface area contributed by atoms with E-state index in [9.17, 15) is 9.59 Å². The molecule has 0 spiro atoms. The third kappa shape index (κ3) is 3.02. The van der Waals surface area contributed by atoms with E-state index in [2.05, 4.69) is 9.47 Å². The van der Waals surface area contributed by atoms with Crippen molar-refractivity contribution >= 4 is 11.9 Å². The highest BCUT2D eigenvalue weighted by molar-refractivity contribution is 5.72. The fourth-order valence-corrected chi connectivity index (χ4v) is 1.03. The number of ether oxygens (including phenoxy) is 3. The lowest BCUT2D eigenvalue weighted by molar-refractivity contribution is -0.142. The summed E-state index contributed by atoms with van der Waals surface area (Å²) in [6.07, 6.45) is 0.0640. The van der Waals surface area contributed by atoms with Crippen LogP contribution in [0.15, 0.2) is 0 Å². The molecule has 0 N–H and O–H groups in total. The van der Waals surface area contributed by atoms with E-state index in [-0.39, 0.29) is 37.0 Å². The lowest BCUT2D eigenvalue weighted by Crippen LogP contribution is -2.10. The molecule has 0 aromatic heterocycles. The first-order chi connectivity index (χ1) is 6.17. The van der Waals surface area contributed by atoms with Crippen LogP contribution in [0, 0.1) is 0 Å². The van der Waals surface area contributed by atoms with Crippen LogP contribution < -0.4 is 0 Å². The van der Waals surface area contributed by atoms with Crippen molar-refractivity contribution in [3.05, 3.63) is 0 Å². The summed E-state index contributed by atoms with van der Waals surface area (Å²) in [4.78, 5) is 21.5. The second kappa shape index (κ2) is 4.23. The van der Waals surface area contributed by atoms with Gasteiger partial charge in [0.1, 0.15) is 0 Å². The van der Waals surface area contributed by atoms with Crippen molar-refractivity contribution in [1.82, 2.24) is 0 Å². The molecule has 0 aromatic carbocycles. The second-order valence-corrected chi connectivity index (χ2v) is 2.77. The molecule has 1 heterocycles. The van der Waals surface area contributed by atoms with Crippen LogP contribution in [0.1, 0.15) is 12.8 Å². The first kappa shape index (κ1) is 9.98. The molecule has 1 aliphatic heterocycles. The molecule has 0 radical (unpaired) electrons. The lowest BCUT2D eigenvalue weighted by Gasteiger charge is -1.95. The molecule has 0 bridgehead atoms. The highest BCUT2D eigenvalue weighted by atomic mass is 16.6. The zero-order valence-electron chi connectivity index (χ0n) is 7.61. The molecule has 5 heteroatoms. The van der Waals surface area contributed by atoms with Crippen molar-refractivity contribution in [2.45, 2.75) is 25.0 Å². The summed E-state index contributed by atoms with van der Waals surface area (Å²) in [7, 11) is 2.64. The van der Waals surface area contributed by atoms with E-state index in [4.69, 9.17) is 4.74 Å².